The molecule has 0 spiro atoms. The maximum Gasteiger partial charge on any atom is 0.272 e. The lowest BCUT2D eigenvalue weighted by Gasteiger charge is -2.23. The minimum absolute atomic E-state index is 0.0621. The molecule has 0 atom stereocenters. The van der Waals surface area contributed by atoms with Crippen LogP contribution in [0.1, 0.15) is 36.8 Å². The zero-order chi connectivity index (χ0) is 15.8. The second kappa shape index (κ2) is 5.74. The summed E-state index contributed by atoms with van der Waals surface area (Å²) >= 11 is 12.0. The fourth-order valence-electron chi connectivity index (χ4n) is 2.19. The smallest absolute Gasteiger partial charge is 0.272 e. The highest BCUT2D eigenvalue weighted by atomic mass is 35.5. The van der Waals surface area contributed by atoms with Gasteiger partial charge in [-0.05, 0) is 23.1 Å². The van der Waals surface area contributed by atoms with Crippen LogP contribution in [0.2, 0.25) is 10.2 Å². The average molecular weight is 325 g/mol. The highest BCUT2D eigenvalue weighted by Crippen LogP contribution is 2.30. The molecule has 112 valence electrons. The number of nitrogens with zero attached hydrogens (tertiary/aromatic N) is 1. The Labute approximate surface area is 134 Å². The van der Waals surface area contributed by atoms with Gasteiger partial charge in [-0.25, -0.2) is 0 Å². The van der Waals surface area contributed by atoms with Crippen LogP contribution in [0.15, 0.2) is 30.3 Å². The van der Waals surface area contributed by atoms with Crippen LogP contribution in [0.3, 0.4) is 0 Å². The zero-order valence-electron chi connectivity index (χ0n) is 12.5. The summed E-state index contributed by atoms with van der Waals surface area (Å²) in [7, 11) is 1.71. The number of benzene rings is 1. The monoisotopic (exact) mass is 324 g/mol. The van der Waals surface area contributed by atoms with Crippen molar-refractivity contribution in [1.29, 1.82) is 0 Å². The molecule has 2 aromatic rings. The summed E-state index contributed by atoms with van der Waals surface area (Å²) in [6.07, 6.45) is 0. The number of rotatable bonds is 2. The standard InChI is InChI=1S/C16H18Cl2N2O/c1-16(2,3)10-7-5-6-8-12(10)19-15(21)13-9-11(17)14(18)20(13)4/h5-9H,1-4H3,(H,19,21). The van der Waals surface area contributed by atoms with E-state index in [9.17, 15) is 4.79 Å². The van der Waals surface area contributed by atoms with Crippen LogP contribution < -0.4 is 5.32 Å². The van der Waals surface area contributed by atoms with Crippen molar-refractivity contribution in [1.82, 2.24) is 4.57 Å². The SMILES string of the molecule is Cn1c(C(=O)Nc2ccccc2C(C)(C)C)cc(Cl)c1Cl. The van der Waals surface area contributed by atoms with E-state index < -0.39 is 0 Å². The molecule has 1 amide bonds. The second-order valence-electron chi connectivity index (χ2n) is 5.98. The molecule has 0 bridgehead atoms. The van der Waals surface area contributed by atoms with Crippen molar-refractivity contribution in [2.45, 2.75) is 26.2 Å². The quantitative estimate of drug-likeness (QED) is 0.839. The first-order valence-electron chi connectivity index (χ1n) is 6.63. The van der Waals surface area contributed by atoms with Gasteiger partial charge in [0.05, 0.1) is 5.02 Å². The summed E-state index contributed by atoms with van der Waals surface area (Å²) in [4.78, 5) is 12.4. The van der Waals surface area contributed by atoms with E-state index in [1.807, 2.05) is 24.3 Å². The summed E-state index contributed by atoms with van der Waals surface area (Å²) in [5.74, 6) is -0.233. The normalized spacial score (nSPS) is 11.5. The van der Waals surface area contributed by atoms with E-state index in [1.165, 1.54) is 0 Å². The van der Waals surface area contributed by atoms with E-state index in [4.69, 9.17) is 23.2 Å². The highest BCUT2D eigenvalue weighted by molar-refractivity contribution is 6.42. The molecule has 0 radical (unpaired) electrons. The van der Waals surface area contributed by atoms with Crippen molar-refractivity contribution in [3.8, 4) is 0 Å². The first-order valence-corrected chi connectivity index (χ1v) is 7.39. The Balaban J connectivity index is 2.35. The van der Waals surface area contributed by atoms with E-state index in [-0.39, 0.29) is 11.3 Å². The van der Waals surface area contributed by atoms with Gasteiger partial charge in [-0.1, -0.05) is 62.2 Å². The van der Waals surface area contributed by atoms with Crippen LogP contribution in [0.5, 0.6) is 0 Å². The maximum absolute atomic E-state index is 12.4. The number of hydrogen-bond donors (Lipinski definition) is 1. The second-order valence-corrected chi connectivity index (χ2v) is 6.74. The molecule has 0 aliphatic carbocycles. The van der Waals surface area contributed by atoms with Crippen LogP contribution in [0.4, 0.5) is 5.69 Å². The van der Waals surface area contributed by atoms with Gasteiger partial charge in [-0.2, -0.15) is 0 Å². The Hall–Kier alpha value is -1.45. The average Bonchev–Trinajstić information content (AvgIpc) is 2.66. The Kier molecular flexibility index (Phi) is 4.35. The van der Waals surface area contributed by atoms with Gasteiger partial charge in [0.15, 0.2) is 0 Å². The first kappa shape index (κ1) is 15.9. The maximum atomic E-state index is 12.4. The lowest BCUT2D eigenvalue weighted by Crippen LogP contribution is -2.20. The van der Waals surface area contributed by atoms with Gasteiger partial charge in [0.2, 0.25) is 0 Å². The van der Waals surface area contributed by atoms with Crippen LogP contribution in [0.25, 0.3) is 0 Å². The van der Waals surface area contributed by atoms with Crippen molar-refractivity contribution in [2.75, 3.05) is 5.32 Å². The summed E-state index contributed by atoms with van der Waals surface area (Å²) in [5.41, 5.74) is 2.23. The van der Waals surface area contributed by atoms with Gasteiger partial charge in [-0.15, -0.1) is 0 Å². The van der Waals surface area contributed by atoms with E-state index >= 15 is 0 Å². The number of amides is 1. The molecule has 1 aromatic carbocycles. The molecule has 0 aliphatic rings. The van der Waals surface area contributed by atoms with Crippen LogP contribution in [0, 0.1) is 0 Å². The molecule has 3 nitrogen and oxygen atoms in total. The number of nitrogens with one attached hydrogen (secondary N) is 1. The summed E-state index contributed by atoms with van der Waals surface area (Å²) < 4.78 is 1.57. The molecular formula is C16H18Cl2N2O. The predicted molar refractivity (Wildman–Crippen MR) is 88.5 cm³/mol. The molecule has 21 heavy (non-hydrogen) atoms. The molecule has 0 saturated heterocycles. The lowest BCUT2D eigenvalue weighted by atomic mass is 9.86. The minimum Gasteiger partial charge on any atom is -0.329 e. The third kappa shape index (κ3) is 3.25. The minimum atomic E-state index is -0.233. The van der Waals surface area contributed by atoms with Gasteiger partial charge >= 0.3 is 0 Å². The number of hydrogen-bond acceptors (Lipinski definition) is 1. The third-order valence-electron chi connectivity index (χ3n) is 3.33. The lowest BCUT2D eigenvalue weighted by molar-refractivity contribution is 0.101. The summed E-state index contributed by atoms with van der Waals surface area (Å²) in [6, 6.07) is 9.34. The molecule has 0 aliphatic heterocycles. The van der Waals surface area contributed by atoms with E-state index in [2.05, 4.69) is 26.1 Å². The molecule has 1 heterocycles. The molecule has 2 rings (SSSR count). The molecule has 1 N–H and O–H groups in total. The van der Waals surface area contributed by atoms with Crippen LogP contribution >= 0.6 is 23.2 Å². The number of para-hydroxylation sites is 1. The van der Waals surface area contributed by atoms with Gasteiger partial charge in [-0.3, -0.25) is 4.79 Å². The molecule has 5 heteroatoms. The molecule has 1 aromatic heterocycles. The Bertz CT molecular complexity index is 684. The number of aromatic nitrogens is 1. The Morgan fingerprint density at radius 2 is 1.81 bits per heavy atom. The molecular weight excluding hydrogens is 307 g/mol. The van der Waals surface area contributed by atoms with Crippen molar-refractivity contribution in [2.24, 2.45) is 7.05 Å². The molecule has 0 saturated carbocycles. The number of halogens is 2. The van der Waals surface area contributed by atoms with Crippen molar-refractivity contribution in [3.63, 3.8) is 0 Å². The van der Waals surface area contributed by atoms with Crippen LogP contribution in [-0.2, 0) is 12.5 Å². The van der Waals surface area contributed by atoms with E-state index in [1.54, 1.807) is 17.7 Å². The van der Waals surface area contributed by atoms with Gasteiger partial charge in [0.25, 0.3) is 5.91 Å². The summed E-state index contributed by atoms with van der Waals surface area (Å²) in [6.45, 7) is 6.32. The summed E-state index contributed by atoms with van der Waals surface area (Å²) in [5, 5.41) is 3.66. The topological polar surface area (TPSA) is 34.0 Å². The van der Waals surface area contributed by atoms with Crippen molar-refractivity contribution in [3.05, 3.63) is 51.8 Å². The number of carbonyl (C=O) groups is 1. The highest BCUT2D eigenvalue weighted by Gasteiger charge is 2.21. The number of carbonyl (C=O) groups excluding carboxylic acids is 1. The zero-order valence-corrected chi connectivity index (χ0v) is 14.0. The third-order valence-corrected chi connectivity index (χ3v) is 4.17. The first-order chi connectivity index (χ1) is 9.71. The van der Waals surface area contributed by atoms with Gasteiger partial charge < -0.3 is 9.88 Å². The van der Waals surface area contributed by atoms with E-state index in [0.717, 1.165) is 11.3 Å². The van der Waals surface area contributed by atoms with Crippen LogP contribution in [-0.4, -0.2) is 10.5 Å². The largest absolute Gasteiger partial charge is 0.329 e. The van der Waals surface area contributed by atoms with Gasteiger partial charge in [0.1, 0.15) is 10.8 Å². The Morgan fingerprint density at radius 3 is 2.33 bits per heavy atom. The fraction of sp³-hybridized carbons (Fsp3) is 0.312. The van der Waals surface area contributed by atoms with Gasteiger partial charge in [0, 0.05) is 12.7 Å². The molecule has 0 unspecified atom stereocenters. The molecule has 0 fully saturated rings. The Morgan fingerprint density at radius 1 is 1.19 bits per heavy atom. The van der Waals surface area contributed by atoms with Crippen molar-refractivity contribution >= 4 is 34.8 Å². The number of anilines is 1. The predicted octanol–water partition coefficient (Wildman–Crippen LogP) is 4.88. The van der Waals surface area contributed by atoms with Crippen molar-refractivity contribution < 1.29 is 4.79 Å². The van der Waals surface area contributed by atoms with E-state index in [0.29, 0.717) is 15.9 Å². The fourth-order valence-corrected chi connectivity index (χ4v) is 2.57.